The maximum atomic E-state index is 7.17. The summed E-state index contributed by atoms with van der Waals surface area (Å²) >= 11 is 0. The van der Waals surface area contributed by atoms with Gasteiger partial charge in [-0.15, -0.1) is 0 Å². The zero-order valence-corrected chi connectivity index (χ0v) is 5.70. The summed E-state index contributed by atoms with van der Waals surface area (Å²) in [7, 11) is -2.17. The Bertz CT molecular complexity index is 86.1. The van der Waals surface area contributed by atoms with E-state index in [0.717, 1.165) is 6.54 Å². The molecule has 0 unspecified atom stereocenters. The monoisotopic (exact) mass is 145 g/mol. The van der Waals surface area contributed by atoms with Crippen LogP contribution in [0.2, 0.25) is 0 Å². The SMILES string of the molecule is C1=CNCCC1.OB(O)O. The summed E-state index contributed by atoms with van der Waals surface area (Å²) in [5.74, 6) is 0. The van der Waals surface area contributed by atoms with Crippen molar-refractivity contribution in [1.29, 1.82) is 0 Å². The van der Waals surface area contributed by atoms with E-state index in [2.05, 4.69) is 11.4 Å². The fourth-order valence-corrected chi connectivity index (χ4v) is 0.572. The molecule has 1 aliphatic rings. The second-order valence-corrected chi connectivity index (χ2v) is 1.85. The van der Waals surface area contributed by atoms with Crippen LogP contribution in [0.5, 0.6) is 0 Å². The first-order valence-electron chi connectivity index (χ1n) is 3.16. The van der Waals surface area contributed by atoms with Crippen molar-refractivity contribution in [2.75, 3.05) is 6.54 Å². The van der Waals surface area contributed by atoms with E-state index in [1.807, 2.05) is 6.20 Å². The van der Waals surface area contributed by atoms with Crippen molar-refractivity contribution in [2.24, 2.45) is 0 Å². The Balaban J connectivity index is 0.000000180. The van der Waals surface area contributed by atoms with Gasteiger partial charge in [-0.2, -0.15) is 0 Å². The van der Waals surface area contributed by atoms with Crippen LogP contribution in [0.25, 0.3) is 0 Å². The van der Waals surface area contributed by atoms with Crippen molar-refractivity contribution in [1.82, 2.24) is 5.32 Å². The van der Waals surface area contributed by atoms with Crippen molar-refractivity contribution in [3.05, 3.63) is 12.3 Å². The summed E-state index contributed by atoms with van der Waals surface area (Å²) in [5.41, 5.74) is 0. The van der Waals surface area contributed by atoms with Crippen molar-refractivity contribution in [3.8, 4) is 0 Å². The van der Waals surface area contributed by atoms with Crippen LogP contribution >= 0.6 is 0 Å². The minimum absolute atomic E-state index is 1.16. The van der Waals surface area contributed by atoms with Gasteiger partial charge in [-0.3, -0.25) is 0 Å². The van der Waals surface area contributed by atoms with Gasteiger partial charge >= 0.3 is 7.32 Å². The molecule has 0 spiro atoms. The molecule has 58 valence electrons. The molecule has 0 saturated carbocycles. The molecule has 0 saturated heterocycles. The van der Waals surface area contributed by atoms with Gasteiger partial charge in [0.15, 0.2) is 0 Å². The highest BCUT2D eigenvalue weighted by molar-refractivity contribution is 6.30. The highest BCUT2D eigenvalue weighted by atomic mass is 16.5. The maximum Gasteiger partial charge on any atom is 0.631 e. The third-order valence-electron chi connectivity index (χ3n) is 0.928. The van der Waals surface area contributed by atoms with Crippen molar-refractivity contribution in [2.45, 2.75) is 12.8 Å². The number of rotatable bonds is 0. The molecule has 0 radical (unpaired) electrons. The lowest BCUT2D eigenvalue weighted by Crippen LogP contribution is -2.09. The first-order chi connectivity index (χ1) is 4.73. The van der Waals surface area contributed by atoms with Crippen LogP contribution in [0.15, 0.2) is 12.3 Å². The molecule has 0 fully saturated rings. The van der Waals surface area contributed by atoms with E-state index in [9.17, 15) is 0 Å². The Hall–Kier alpha value is -0.515. The molecule has 0 aromatic rings. The topological polar surface area (TPSA) is 72.7 Å². The molecule has 1 rings (SSSR count). The third-order valence-corrected chi connectivity index (χ3v) is 0.928. The Morgan fingerprint density at radius 1 is 1.30 bits per heavy atom. The number of hydrogen-bond donors (Lipinski definition) is 4. The standard InChI is InChI=1S/C5H9N.BH3O3/c1-2-4-6-5-3-1;2-1(3)4/h2,4,6H,1,3,5H2;2-4H. The van der Waals surface area contributed by atoms with Gasteiger partial charge in [-0.25, -0.2) is 0 Å². The lowest BCUT2D eigenvalue weighted by atomic mass is 10.2. The van der Waals surface area contributed by atoms with Crippen LogP contribution in [0.1, 0.15) is 12.8 Å². The Kier molecular flexibility index (Phi) is 6.26. The summed E-state index contributed by atoms with van der Waals surface area (Å²) in [6, 6.07) is 0. The Labute approximate surface area is 60.4 Å². The van der Waals surface area contributed by atoms with Crippen molar-refractivity contribution in [3.63, 3.8) is 0 Å². The van der Waals surface area contributed by atoms with Crippen LogP contribution in [0.3, 0.4) is 0 Å². The molecule has 4 N–H and O–H groups in total. The van der Waals surface area contributed by atoms with Crippen LogP contribution in [0.4, 0.5) is 0 Å². The third kappa shape index (κ3) is 10.5. The molecule has 1 heterocycles. The maximum absolute atomic E-state index is 7.17. The van der Waals surface area contributed by atoms with Gasteiger partial charge in [0.25, 0.3) is 0 Å². The van der Waals surface area contributed by atoms with E-state index in [0.29, 0.717) is 0 Å². The number of nitrogens with one attached hydrogen (secondary N) is 1. The van der Waals surface area contributed by atoms with Gasteiger partial charge in [0.1, 0.15) is 0 Å². The normalized spacial score (nSPS) is 14.7. The number of allylic oxidation sites excluding steroid dienone is 1. The predicted octanol–water partition coefficient (Wildman–Crippen LogP) is -1.17. The average molecular weight is 145 g/mol. The predicted molar refractivity (Wildman–Crippen MR) is 38.8 cm³/mol. The minimum atomic E-state index is -2.17. The van der Waals surface area contributed by atoms with Crippen molar-refractivity contribution < 1.29 is 15.1 Å². The van der Waals surface area contributed by atoms with Crippen LogP contribution in [0, 0.1) is 0 Å². The molecule has 10 heavy (non-hydrogen) atoms. The molecule has 0 atom stereocenters. The lowest BCUT2D eigenvalue weighted by Gasteiger charge is -2.02. The van der Waals surface area contributed by atoms with Gasteiger partial charge in [0.2, 0.25) is 0 Å². The molecule has 5 heteroatoms. The first-order valence-corrected chi connectivity index (χ1v) is 3.16. The molecule has 0 amide bonds. The Morgan fingerprint density at radius 3 is 2.00 bits per heavy atom. The van der Waals surface area contributed by atoms with E-state index in [1.54, 1.807) is 0 Å². The lowest BCUT2D eigenvalue weighted by molar-refractivity contribution is 0.278. The molecule has 0 aromatic carbocycles. The second-order valence-electron chi connectivity index (χ2n) is 1.85. The minimum Gasteiger partial charge on any atom is -0.402 e. The zero-order chi connectivity index (χ0) is 7.82. The average Bonchev–Trinajstić information content (AvgIpc) is 1.90. The molecular formula is C5H12BNO3. The van der Waals surface area contributed by atoms with Crippen molar-refractivity contribution >= 4 is 7.32 Å². The molecular weight excluding hydrogens is 133 g/mol. The summed E-state index contributed by atoms with van der Waals surface area (Å²) < 4.78 is 0. The highest BCUT2D eigenvalue weighted by Gasteiger charge is 1.92. The van der Waals surface area contributed by atoms with E-state index in [1.165, 1.54) is 12.8 Å². The van der Waals surface area contributed by atoms with Gasteiger partial charge in [-0.05, 0) is 19.0 Å². The zero-order valence-electron chi connectivity index (χ0n) is 5.70. The Morgan fingerprint density at radius 2 is 1.90 bits per heavy atom. The molecule has 1 aliphatic heterocycles. The molecule has 4 nitrogen and oxygen atoms in total. The quantitative estimate of drug-likeness (QED) is 0.324. The van der Waals surface area contributed by atoms with Crippen LogP contribution in [-0.2, 0) is 0 Å². The van der Waals surface area contributed by atoms with E-state index >= 15 is 0 Å². The summed E-state index contributed by atoms with van der Waals surface area (Å²) in [5, 5.41) is 24.6. The van der Waals surface area contributed by atoms with Crippen LogP contribution in [-0.4, -0.2) is 28.9 Å². The van der Waals surface area contributed by atoms with Gasteiger partial charge in [0, 0.05) is 6.54 Å². The molecule has 0 aromatic heterocycles. The fourth-order valence-electron chi connectivity index (χ4n) is 0.572. The van der Waals surface area contributed by atoms with E-state index in [4.69, 9.17) is 15.1 Å². The first kappa shape index (κ1) is 9.48. The van der Waals surface area contributed by atoms with Gasteiger partial charge in [-0.1, -0.05) is 6.08 Å². The highest BCUT2D eigenvalue weighted by Crippen LogP contribution is 1.91. The van der Waals surface area contributed by atoms with E-state index < -0.39 is 7.32 Å². The van der Waals surface area contributed by atoms with Gasteiger partial charge in [0.05, 0.1) is 0 Å². The van der Waals surface area contributed by atoms with Crippen LogP contribution < -0.4 is 5.32 Å². The van der Waals surface area contributed by atoms with E-state index in [-0.39, 0.29) is 0 Å². The second kappa shape index (κ2) is 6.60. The summed E-state index contributed by atoms with van der Waals surface area (Å²) in [6.45, 7) is 1.16. The molecule has 0 bridgehead atoms. The molecule has 0 aliphatic carbocycles. The van der Waals surface area contributed by atoms with Gasteiger partial charge < -0.3 is 20.4 Å². The summed E-state index contributed by atoms with van der Waals surface area (Å²) in [6.07, 6.45) is 6.73. The number of hydrogen-bond acceptors (Lipinski definition) is 4. The largest absolute Gasteiger partial charge is 0.631 e. The summed E-state index contributed by atoms with van der Waals surface area (Å²) in [4.78, 5) is 0. The smallest absolute Gasteiger partial charge is 0.402 e. The fraction of sp³-hybridized carbons (Fsp3) is 0.600.